The van der Waals surface area contributed by atoms with E-state index in [0.717, 1.165) is 11.1 Å². The van der Waals surface area contributed by atoms with Crippen LogP contribution in [0.1, 0.15) is 44.5 Å². The Morgan fingerprint density at radius 2 is 1.63 bits per heavy atom. The highest BCUT2D eigenvalue weighted by Crippen LogP contribution is 2.26. The van der Waals surface area contributed by atoms with Crippen LogP contribution in [0.5, 0.6) is 11.8 Å². The van der Waals surface area contributed by atoms with Crippen molar-refractivity contribution < 1.29 is 36.3 Å². The molecule has 3 aromatic rings. The van der Waals surface area contributed by atoms with E-state index in [4.69, 9.17) is 23.1 Å². The molecule has 0 aliphatic carbocycles. The van der Waals surface area contributed by atoms with E-state index in [1.807, 2.05) is 33.8 Å². The lowest BCUT2D eigenvalue weighted by atomic mass is 10.2. The van der Waals surface area contributed by atoms with Gasteiger partial charge in [-0.3, -0.25) is 14.1 Å². The molecular weight excluding hydrogens is 576 g/mol. The van der Waals surface area contributed by atoms with Crippen LogP contribution in [0.3, 0.4) is 0 Å². The zero-order valence-corrected chi connectivity index (χ0v) is 26.1. The van der Waals surface area contributed by atoms with Crippen LogP contribution in [-0.4, -0.2) is 75.1 Å². The minimum Gasteiger partial charge on any atom is -0.490 e. The van der Waals surface area contributed by atoms with E-state index in [0.29, 0.717) is 11.4 Å². The van der Waals surface area contributed by atoms with E-state index in [2.05, 4.69) is 15.0 Å². The lowest BCUT2D eigenvalue weighted by Crippen LogP contribution is -2.34. The highest BCUT2D eigenvalue weighted by Gasteiger charge is 2.21. The van der Waals surface area contributed by atoms with E-state index < -0.39 is 21.8 Å². The lowest BCUT2D eigenvalue weighted by molar-refractivity contribution is 0.0589. The van der Waals surface area contributed by atoms with Gasteiger partial charge in [0.15, 0.2) is 0 Å². The van der Waals surface area contributed by atoms with E-state index in [9.17, 15) is 13.2 Å². The van der Waals surface area contributed by atoms with Crippen molar-refractivity contribution in [3.05, 3.63) is 65.7 Å². The summed E-state index contributed by atoms with van der Waals surface area (Å²) in [7, 11) is -2.27. The summed E-state index contributed by atoms with van der Waals surface area (Å²) in [6.45, 7) is 9.77. The first-order valence-corrected chi connectivity index (χ1v) is 15.0. The van der Waals surface area contributed by atoms with Crippen LogP contribution in [0, 0.1) is 6.92 Å². The third-order valence-electron chi connectivity index (χ3n) is 5.51. The molecule has 3 rings (SSSR count). The van der Waals surface area contributed by atoms with E-state index in [-0.39, 0.29) is 49.7 Å². The van der Waals surface area contributed by atoms with Gasteiger partial charge in [0.05, 0.1) is 37.4 Å². The molecule has 12 nitrogen and oxygen atoms in total. The maximum absolute atomic E-state index is 12.3. The number of carbonyl (C=O) groups excluding carboxylic acids is 1. The molecule has 0 fully saturated rings. The second-order valence-electron chi connectivity index (χ2n) is 10.2. The number of rotatable bonds is 14. The van der Waals surface area contributed by atoms with Crippen molar-refractivity contribution in [3.8, 4) is 11.8 Å². The molecule has 232 valence electrons. The second-order valence-corrected chi connectivity index (χ2v) is 11.8. The highest BCUT2D eigenvalue weighted by atomic mass is 32.2. The van der Waals surface area contributed by atoms with Crippen LogP contribution in [0.25, 0.3) is 12.2 Å². The van der Waals surface area contributed by atoms with E-state index in [1.165, 1.54) is 11.0 Å². The summed E-state index contributed by atoms with van der Waals surface area (Å²) in [6.07, 6.45) is 7.99. The number of pyridine rings is 1. The molecule has 0 spiro atoms. The number of anilines is 1. The number of amides is 1. The Kier molecular flexibility index (Phi) is 12.0. The first-order chi connectivity index (χ1) is 20.4. The van der Waals surface area contributed by atoms with E-state index >= 15 is 0 Å². The van der Waals surface area contributed by atoms with Gasteiger partial charge in [-0.15, -0.1) is 0 Å². The molecule has 2 heterocycles. The molecule has 13 heteroatoms. The summed E-state index contributed by atoms with van der Waals surface area (Å²) in [5.74, 6) is 0.217. The lowest BCUT2D eigenvalue weighted by Gasteiger charge is -2.24. The molecule has 0 N–H and O–H groups in total. The molecule has 1 aromatic carbocycles. The smallest absolute Gasteiger partial charge is 0.414 e. The topological polar surface area (TPSA) is 139 Å². The Labute approximate surface area is 252 Å². The van der Waals surface area contributed by atoms with Crippen molar-refractivity contribution >= 4 is 34.1 Å². The third-order valence-corrected chi connectivity index (χ3v) is 6.93. The number of aromatic nitrogens is 3. The Morgan fingerprint density at radius 1 is 0.930 bits per heavy atom. The van der Waals surface area contributed by atoms with E-state index in [1.54, 1.807) is 62.9 Å². The molecule has 2 aromatic heterocycles. The average molecular weight is 615 g/mol. The maximum atomic E-state index is 12.3. The number of hydrogen-bond donors (Lipinski definition) is 0. The van der Waals surface area contributed by atoms with Gasteiger partial charge in [0.1, 0.15) is 29.5 Å². The van der Waals surface area contributed by atoms with Crippen molar-refractivity contribution in [2.45, 2.75) is 45.1 Å². The van der Waals surface area contributed by atoms with Gasteiger partial charge in [0.2, 0.25) is 0 Å². The van der Waals surface area contributed by atoms with Crippen molar-refractivity contribution in [2.24, 2.45) is 0 Å². The Morgan fingerprint density at radius 3 is 2.26 bits per heavy atom. The van der Waals surface area contributed by atoms with Gasteiger partial charge in [-0.1, -0.05) is 6.07 Å². The monoisotopic (exact) mass is 614 g/mol. The Bertz CT molecular complexity index is 1470. The van der Waals surface area contributed by atoms with Gasteiger partial charge < -0.3 is 18.9 Å². The molecule has 43 heavy (non-hydrogen) atoms. The summed E-state index contributed by atoms with van der Waals surface area (Å²) < 4.78 is 51.5. The zero-order chi connectivity index (χ0) is 31.5. The van der Waals surface area contributed by atoms with Crippen molar-refractivity contribution in [1.29, 1.82) is 0 Å². The molecule has 0 unspecified atom stereocenters. The maximum Gasteiger partial charge on any atom is 0.414 e. The Hall–Kier alpha value is -4.07. The van der Waals surface area contributed by atoms with Crippen LogP contribution in [0.2, 0.25) is 0 Å². The standard InChI is InChI=1S/C30H38N4O8S/c1-7-41-43(36,37)27-13-8-22(2)18-26(27)39-16-14-38-15-17-40-28-32-19-23(20-33-28)9-10-24-11-12-25(21-31-24)34(6)29(35)42-30(3,4)5/h8-13,18-21H,7,14-17H2,1-6H3. The second kappa shape index (κ2) is 15.4. The average Bonchev–Trinajstić information content (AvgIpc) is 2.95. The van der Waals surface area contributed by atoms with Crippen LogP contribution in [-0.2, 0) is 23.8 Å². The summed E-state index contributed by atoms with van der Waals surface area (Å²) in [5, 5.41) is 0. The normalized spacial score (nSPS) is 11.9. The first-order valence-electron chi connectivity index (χ1n) is 13.6. The number of carbonyl (C=O) groups is 1. The first kappa shape index (κ1) is 33.4. The van der Waals surface area contributed by atoms with Crippen LogP contribution < -0.4 is 14.4 Å². The fourth-order valence-electron chi connectivity index (χ4n) is 3.46. The minimum atomic E-state index is -3.90. The Balaban J connectivity index is 1.39. The zero-order valence-electron chi connectivity index (χ0n) is 25.3. The third kappa shape index (κ3) is 10.9. The number of hydrogen-bond acceptors (Lipinski definition) is 11. The molecule has 0 bridgehead atoms. The summed E-state index contributed by atoms with van der Waals surface area (Å²) >= 11 is 0. The SMILES string of the molecule is CCOS(=O)(=O)c1ccc(C)cc1OCCOCCOc1ncc(C=Cc2ccc(N(C)C(=O)OC(C)(C)C)cn2)cn1. The van der Waals surface area contributed by atoms with Crippen LogP contribution in [0.4, 0.5) is 10.5 Å². The molecule has 0 atom stereocenters. The summed E-state index contributed by atoms with van der Waals surface area (Å²) in [4.78, 5) is 26.4. The predicted octanol–water partition coefficient (Wildman–Crippen LogP) is 4.92. The van der Waals surface area contributed by atoms with Gasteiger partial charge in [-0.05, 0) is 76.6 Å². The highest BCUT2D eigenvalue weighted by molar-refractivity contribution is 7.86. The van der Waals surface area contributed by atoms with Gasteiger partial charge >= 0.3 is 22.2 Å². The largest absolute Gasteiger partial charge is 0.490 e. The van der Waals surface area contributed by atoms with Crippen molar-refractivity contribution in [2.75, 3.05) is 45.0 Å². The predicted molar refractivity (Wildman–Crippen MR) is 162 cm³/mol. The summed E-state index contributed by atoms with van der Waals surface area (Å²) in [5.41, 5.74) is 2.33. The number of nitrogens with zero attached hydrogens (tertiary/aromatic N) is 4. The van der Waals surface area contributed by atoms with Crippen LogP contribution >= 0.6 is 0 Å². The molecule has 0 aliphatic rings. The van der Waals surface area contributed by atoms with Gasteiger partial charge in [-0.25, -0.2) is 14.8 Å². The van der Waals surface area contributed by atoms with Gasteiger partial charge in [0.25, 0.3) is 0 Å². The fraction of sp³-hybridized carbons (Fsp3) is 0.400. The van der Waals surface area contributed by atoms with Crippen LogP contribution in [0.15, 0.2) is 53.8 Å². The quantitative estimate of drug-likeness (QED) is 0.181. The van der Waals surface area contributed by atoms with Gasteiger partial charge in [-0.2, -0.15) is 8.42 Å². The molecule has 0 radical (unpaired) electrons. The number of benzene rings is 1. The molecule has 1 amide bonds. The molecule has 0 saturated heterocycles. The van der Waals surface area contributed by atoms with Gasteiger partial charge in [0, 0.05) is 25.0 Å². The molecular formula is C30H38N4O8S. The fourth-order valence-corrected chi connectivity index (χ4v) is 4.49. The summed E-state index contributed by atoms with van der Waals surface area (Å²) in [6, 6.07) is 8.57. The molecule has 0 aliphatic heterocycles. The minimum absolute atomic E-state index is 0.0176. The van der Waals surface area contributed by atoms with Crippen molar-refractivity contribution in [1.82, 2.24) is 15.0 Å². The van der Waals surface area contributed by atoms with Crippen molar-refractivity contribution in [3.63, 3.8) is 0 Å². The number of ether oxygens (including phenoxy) is 4. The molecule has 0 saturated carbocycles. The number of aryl methyl sites for hydroxylation is 1.